The minimum absolute atomic E-state index is 0.0886. The summed E-state index contributed by atoms with van der Waals surface area (Å²) >= 11 is 1.56. The van der Waals surface area contributed by atoms with E-state index in [1.807, 2.05) is 31.2 Å². The van der Waals surface area contributed by atoms with Crippen molar-refractivity contribution in [3.63, 3.8) is 0 Å². The minimum atomic E-state index is -0.445. The molecule has 2 aromatic rings. The molecule has 6 nitrogen and oxygen atoms in total. The van der Waals surface area contributed by atoms with Crippen LogP contribution in [-0.4, -0.2) is 27.6 Å². The van der Waals surface area contributed by atoms with E-state index in [-0.39, 0.29) is 16.8 Å². The first kappa shape index (κ1) is 22.6. The van der Waals surface area contributed by atoms with E-state index in [0.29, 0.717) is 40.4 Å². The van der Waals surface area contributed by atoms with E-state index in [2.05, 4.69) is 38.0 Å². The first-order chi connectivity index (χ1) is 15.2. The van der Waals surface area contributed by atoms with Crippen LogP contribution in [0.15, 0.2) is 45.5 Å². The Hall–Kier alpha value is -2.54. The molecule has 1 aromatic heterocycles. The predicted octanol–water partition coefficient (Wildman–Crippen LogP) is 5.26. The van der Waals surface area contributed by atoms with Crippen molar-refractivity contribution >= 4 is 23.4 Å². The lowest BCUT2D eigenvalue weighted by molar-refractivity contribution is -0.118. The molecule has 2 unspecified atom stereocenters. The molecule has 0 bridgehead atoms. The van der Waals surface area contributed by atoms with Gasteiger partial charge < -0.3 is 15.0 Å². The van der Waals surface area contributed by atoms with Gasteiger partial charge in [-0.25, -0.2) is 4.98 Å². The first-order valence-corrected chi connectivity index (χ1v) is 12.2. The molecule has 32 heavy (non-hydrogen) atoms. The van der Waals surface area contributed by atoms with Crippen LogP contribution < -0.4 is 15.6 Å². The summed E-state index contributed by atoms with van der Waals surface area (Å²) in [5.74, 6) is 0.968. The number of aromatic amines is 1. The molecule has 2 N–H and O–H groups in total. The van der Waals surface area contributed by atoms with Gasteiger partial charge in [0.15, 0.2) is 10.9 Å². The Morgan fingerprint density at radius 2 is 1.91 bits per heavy atom. The summed E-state index contributed by atoms with van der Waals surface area (Å²) in [6, 6.07) is 7.69. The Bertz CT molecular complexity index is 1120. The van der Waals surface area contributed by atoms with Crippen molar-refractivity contribution in [2.24, 2.45) is 5.41 Å². The Morgan fingerprint density at radius 3 is 2.56 bits per heavy atom. The molecule has 0 amide bonds. The Kier molecular flexibility index (Phi) is 6.21. The van der Waals surface area contributed by atoms with E-state index in [4.69, 9.17) is 9.72 Å². The predicted molar refractivity (Wildman–Crippen MR) is 129 cm³/mol. The van der Waals surface area contributed by atoms with Crippen molar-refractivity contribution in [2.75, 3.05) is 11.9 Å². The third-order valence-electron chi connectivity index (χ3n) is 6.11. The number of carbonyl (C=O) groups excluding carboxylic acids is 1. The summed E-state index contributed by atoms with van der Waals surface area (Å²) in [6.45, 7) is 11.0. The van der Waals surface area contributed by atoms with Crippen LogP contribution in [0.3, 0.4) is 0 Å². The zero-order chi connectivity index (χ0) is 23.0. The van der Waals surface area contributed by atoms with Crippen LogP contribution in [0.25, 0.3) is 0 Å². The number of carbonyl (C=O) groups is 1. The largest absolute Gasteiger partial charge is 0.494 e. The molecule has 7 heteroatoms. The fourth-order valence-corrected chi connectivity index (χ4v) is 5.32. The number of aromatic nitrogens is 2. The Labute approximate surface area is 193 Å². The van der Waals surface area contributed by atoms with E-state index < -0.39 is 5.92 Å². The highest BCUT2D eigenvalue weighted by Crippen LogP contribution is 2.47. The van der Waals surface area contributed by atoms with E-state index >= 15 is 0 Å². The maximum atomic E-state index is 13.3. The van der Waals surface area contributed by atoms with Gasteiger partial charge in [0.25, 0.3) is 5.56 Å². The number of rotatable bonds is 6. The molecule has 0 spiro atoms. The standard InChI is InChI=1S/C25H31N3O3S/c1-6-14(3)32-24-27-22-21(23(30)28-24)19(15-8-10-16(11-9-15)31-7-2)20-17(26-22)12-25(4,5)13-18(20)29/h8-11,14,19H,6-7,12-13H2,1-5H3,(H2,26,27,28,30). The summed E-state index contributed by atoms with van der Waals surface area (Å²) in [5.41, 5.74) is 2.64. The van der Waals surface area contributed by atoms with Crippen LogP contribution in [0, 0.1) is 5.41 Å². The molecule has 0 saturated carbocycles. The van der Waals surface area contributed by atoms with Crippen molar-refractivity contribution in [1.29, 1.82) is 0 Å². The number of benzene rings is 1. The normalized spacial score (nSPS) is 20.3. The number of fused-ring (bicyclic) bond motifs is 1. The number of nitrogens with one attached hydrogen (secondary N) is 2. The van der Waals surface area contributed by atoms with Crippen LogP contribution in [0.5, 0.6) is 5.75 Å². The van der Waals surface area contributed by atoms with Crippen molar-refractivity contribution in [2.45, 2.75) is 70.2 Å². The summed E-state index contributed by atoms with van der Waals surface area (Å²) in [7, 11) is 0. The maximum Gasteiger partial charge on any atom is 0.257 e. The van der Waals surface area contributed by atoms with Crippen LogP contribution in [-0.2, 0) is 4.79 Å². The van der Waals surface area contributed by atoms with Gasteiger partial charge in [0, 0.05) is 28.9 Å². The topological polar surface area (TPSA) is 84.1 Å². The lowest BCUT2D eigenvalue weighted by Crippen LogP contribution is -2.37. The number of Topliss-reactive ketones (excluding diaryl/α,β-unsaturated/α-hetero) is 1. The first-order valence-electron chi connectivity index (χ1n) is 11.3. The van der Waals surface area contributed by atoms with E-state index in [1.54, 1.807) is 11.8 Å². The van der Waals surface area contributed by atoms with Gasteiger partial charge in [0.2, 0.25) is 0 Å². The average Bonchev–Trinajstić information content (AvgIpc) is 2.72. The van der Waals surface area contributed by atoms with Crippen molar-refractivity contribution in [1.82, 2.24) is 9.97 Å². The third-order valence-corrected chi connectivity index (χ3v) is 7.26. The van der Waals surface area contributed by atoms with Gasteiger partial charge in [-0.1, -0.05) is 51.6 Å². The smallest absolute Gasteiger partial charge is 0.257 e. The summed E-state index contributed by atoms with van der Waals surface area (Å²) in [5, 5.41) is 4.32. The zero-order valence-electron chi connectivity index (χ0n) is 19.4. The van der Waals surface area contributed by atoms with Gasteiger partial charge in [-0.3, -0.25) is 9.59 Å². The number of allylic oxidation sites excluding steroid dienone is 2. The molecule has 0 radical (unpaired) electrons. The number of hydrogen-bond acceptors (Lipinski definition) is 6. The molecule has 170 valence electrons. The summed E-state index contributed by atoms with van der Waals surface area (Å²) in [4.78, 5) is 34.4. The maximum absolute atomic E-state index is 13.3. The van der Waals surface area contributed by atoms with Gasteiger partial charge in [-0.15, -0.1) is 0 Å². The number of H-pyrrole nitrogens is 1. The number of ether oxygens (including phenoxy) is 1. The minimum Gasteiger partial charge on any atom is -0.494 e. The molecular formula is C25H31N3O3S. The van der Waals surface area contributed by atoms with Gasteiger partial charge in [-0.2, -0.15) is 0 Å². The molecule has 0 fully saturated rings. The second-order valence-electron chi connectivity index (χ2n) is 9.36. The molecule has 2 aliphatic rings. The summed E-state index contributed by atoms with van der Waals surface area (Å²) < 4.78 is 5.59. The molecule has 1 aliphatic carbocycles. The summed E-state index contributed by atoms with van der Waals surface area (Å²) in [6.07, 6.45) is 2.18. The second-order valence-corrected chi connectivity index (χ2v) is 10.8. The number of thioether (sulfide) groups is 1. The van der Waals surface area contributed by atoms with Crippen molar-refractivity contribution in [3.8, 4) is 5.75 Å². The van der Waals surface area contributed by atoms with Crippen molar-refractivity contribution < 1.29 is 9.53 Å². The van der Waals surface area contributed by atoms with Gasteiger partial charge in [0.1, 0.15) is 11.6 Å². The second kappa shape index (κ2) is 8.77. The molecule has 2 atom stereocenters. The van der Waals surface area contributed by atoms with Gasteiger partial charge in [-0.05, 0) is 42.9 Å². The fraction of sp³-hybridized carbons (Fsp3) is 0.480. The highest BCUT2D eigenvalue weighted by Gasteiger charge is 2.42. The van der Waals surface area contributed by atoms with Gasteiger partial charge in [0.05, 0.1) is 12.2 Å². The molecule has 2 heterocycles. The number of hydrogen-bond donors (Lipinski definition) is 2. The van der Waals surface area contributed by atoms with E-state index in [1.165, 1.54) is 0 Å². The van der Waals surface area contributed by atoms with Crippen LogP contribution in [0.1, 0.15) is 70.9 Å². The molecule has 1 aromatic carbocycles. The molecular weight excluding hydrogens is 422 g/mol. The highest BCUT2D eigenvalue weighted by molar-refractivity contribution is 7.99. The quantitative estimate of drug-likeness (QED) is 0.458. The number of ketones is 1. The van der Waals surface area contributed by atoms with Crippen molar-refractivity contribution in [3.05, 3.63) is 57.0 Å². The average molecular weight is 454 g/mol. The third kappa shape index (κ3) is 4.35. The molecule has 1 aliphatic heterocycles. The molecule has 0 saturated heterocycles. The van der Waals surface area contributed by atoms with E-state index in [9.17, 15) is 9.59 Å². The van der Waals surface area contributed by atoms with Crippen LogP contribution >= 0.6 is 11.8 Å². The monoisotopic (exact) mass is 453 g/mol. The molecule has 4 rings (SSSR count). The fourth-order valence-electron chi connectivity index (χ4n) is 4.48. The van der Waals surface area contributed by atoms with E-state index in [0.717, 1.165) is 29.9 Å². The number of nitrogens with zero attached hydrogens (tertiary/aromatic N) is 1. The Balaban J connectivity index is 1.86. The van der Waals surface area contributed by atoms with Crippen LogP contribution in [0.2, 0.25) is 0 Å². The zero-order valence-corrected chi connectivity index (χ0v) is 20.2. The highest BCUT2D eigenvalue weighted by atomic mass is 32.2. The SMILES string of the molecule is CCOc1ccc(C2C3=C(CC(C)(C)CC3=O)Nc3nc(SC(C)CC)[nH]c(=O)c32)cc1. The number of anilines is 1. The Morgan fingerprint density at radius 1 is 1.19 bits per heavy atom. The lowest BCUT2D eigenvalue weighted by Gasteiger charge is -2.38. The lowest BCUT2D eigenvalue weighted by atomic mass is 9.69. The van der Waals surface area contributed by atoms with Crippen LogP contribution in [0.4, 0.5) is 5.82 Å². The van der Waals surface area contributed by atoms with Gasteiger partial charge >= 0.3 is 0 Å².